The van der Waals surface area contributed by atoms with Gasteiger partial charge in [0.1, 0.15) is 5.82 Å². The molecule has 0 saturated carbocycles. The van der Waals surface area contributed by atoms with Crippen LogP contribution in [0.1, 0.15) is 23.9 Å². The summed E-state index contributed by atoms with van der Waals surface area (Å²) >= 11 is 0. The topological polar surface area (TPSA) is 107 Å². The lowest BCUT2D eigenvalue weighted by Gasteiger charge is -2.23. The largest absolute Gasteiger partial charge is 0.325 e. The smallest absolute Gasteiger partial charge is 0.309 e. The van der Waals surface area contributed by atoms with Gasteiger partial charge in [0.25, 0.3) is 5.56 Å². The average molecular weight is 407 g/mol. The molecule has 30 heavy (non-hydrogen) atoms. The molecule has 0 spiro atoms. The van der Waals surface area contributed by atoms with Gasteiger partial charge < -0.3 is 10.3 Å². The van der Waals surface area contributed by atoms with E-state index in [1.54, 1.807) is 43.1 Å². The Kier molecular flexibility index (Phi) is 6.27. The molecule has 3 rings (SSSR count). The molecule has 1 atom stereocenters. The number of hydrogen-bond donors (Lipinski definition) is 3. The summed E-state index contributed by atoms with van der Waals surface area (Å²) in [7, 11) is 1.72. The third-order valence-electron chi connectivity index (χ3n) is 4.97. The molecule has 1 heterocycles. The van der Waals surface area contributed by atoms with Crippen molar-refractivity contribution in [2.24, 2.45) is 0 Å². The number of H-pyrrole nitrogens is 1. The van der Waals surface area contributed by atoms with E-state index in [1.165, 1.54) is 0 Å². The lowest BCUT2D eigenvalue weighted by molar-refractivity contribution is -0.124. The molecule has 8 nitrogen and oxygen atoms in total. The number of carbonyl (C=O) groups is 2. The van der Waals surface area contributed by atoms with Gasteiger partial charge in [-0.15, -0.1) is 0 Å². The summed E-state index contributed by atoms with van der Waals surface area (Å²) in [5.74, 6) is -0.0107. The van der Waals surface area contributed by atoms with Crippen molar-refractivity contribution >= 4 is 28.5 Å². The third kappa shape index (κ3) is 4.90. The number of rotatable bonds is 5. The Morgan fingerprint density at radius 2 is 1.90 bits per heavy atom. The fourth-order valence-electron chi connectivity index (χ4n) is 3.11. The first-order valence-electron chi connectivity index (χ1n) is 9.62. The number of nitrogens with one attached hydrogen (secondary N) is 3. The van der Waals surface area contributed by atoms with E-state index in [0.717, 1.165) is 11.1 Å². The first-order valence-corrected chi connectivity index (χ1v) is 9.62. The SMILES string of the molecule is Cc1ccc(NC(=O)NC(=O)C(C)N(C)Cc2nc3ccccc3c(=O)[nH]2)c(C)c1. The minimum atomic E-state index is -0.619. The van der Waals surface area contributed by atoms with Crippen molar-refractivity contribution in [2.75, 3.05) is 12.4 Å². The van der Waals surface area contributed by atoms with Crippen LogP contribution < -0.4 is 16.2 Å². The predicted molar refractivity (Wildman–Crippen MR) is 116 cm³/mol. The van der Waals surface area contributed by atoms with Gasteiger partial charge >= 0.3 is 6.03 Å². The Balaban J connectivity index is 1.62. The van der Waals surface area contributed by atoms with E-state index in [2.05, 4.69) is 20.6 Å². The molecule has 3 N–H and O–H groups in total. The highest BCUT2D eigenvalue weighted by molar-refractivity contribution is 6.03. The van der Waals surface area contributed by atoms with Crippen molar-refractivity contribution in [3.63, 3.8) is 0 Å². The summed E-state index contributed by atoms with van der Waals surface area (Å²) in [6.07, 6.45) is 0. The average Bonchev–Trinajstić information content (AvgIpc) is 2.69. The van der Waals surface area contributed by atoms with Crippen LogP contribution in [0.15, 0.2) is 47.3 Å². The monoisotopic (exact) mass is 407 g/mol. The van der Waals surface area contributed by atoms with E-state index in [-0.39, 0.29) is 12.1 Å². The van der Waals surface area contributed by atoms with Crippen molar-refractivity contribution in [2.45, 2.75) is 33.4 Å². The van der Waals surface area contributed by atoms with Crippen LogP contribution in [0.25, 0.3) is 10.9 Å². The zero-order valence-corrected chi connectivity index (χ0v) is 17.4. The summed E-state index contributed by atoms with van der Waals surface area (Å²) in [6.45, 7) is 5.78. The van der Waals surface area contributed by atoms with Gasteiger partial charge in [0.15, 0.2) is 0 Å². The summed E-state index contributed by atoms with van der Waals surface area (Å²) < 4.78 is 0. The van der Waals surface area contributed by atoms with Gasteiger partial charge in [0, 0.05) is 5.69 Å². The van der Waals surface area contributed by atoms with E-state index in [1.807, 2.05) is 32.0 Å². The molecule has 0 saturated heterocycles. The summed E-state index contributed by atoms with van der Waals surface area (Å²) in [6, 6.07) is 11.5. The molecule has 3 aromatic rings. The normalized spacial score (nSPS) is 12.0. The molecule has 0 fully saturated rings. The highest BCUT2D eigenvalue weighted by Crippen LogP contribution is 2.15. The third-order valence-corrected chi connectivity index (χ3v) is 4.97. The van der Waals surface area contributed by atoms with Crippen molar-refractivity contribution < 1.29 is 9.59 Å². The van der Waals surface area contributed by atoms with E-state index in [4.69, 9.17) is 0 Å². The number of fused-ring (bicyclic) bond motifs is 1. The fourth-order valence-corrected chi connectivity index (χ4v) is 3.11. The molecule has 1 aromatic heterocycles. The highest BCUT2D eigenvalue weighted by Gasteiger charge is 2.21. The molecule has 2 aromatic carbocycles. The fraction of sp³-hybridized carbons (Fsp3) is 0.273. The molecule has 3 amide bonds. The summed E-state index contributed by atoms with van der Waals surface area (Å²) in [5.41, 5.74) is 3.01. The molecule has 8 heteroatoms. The standard InChI is InChI=1S/C22H25N5O3/c1-13-9-10-17(14(2)11-13)24-22(30)26-20(28)15(3)27(4)12-19-23-18-8-6-5-7-16(18)21(29)25-19/h5-11,15H,12H2,1-4H3,(H,23,25,29)(H2,24,26,28,30). The maximum atomic E-state index is 12.5. The van der Waals surface area contributed by atoms with Crippen LogP contribution in [-0.2, 0) is 11.3 Å². The summed E-state index contributed by atoms with van der Waals surface area (Å²) in [4.78, 5) is 45.8. The van der Waals surface area contributed by atoms with Gasteiger partial charge in [0.2, 0.25) is 5.91 Å². The minimum absolute atomic E-state index is 0.228. The van der Waals surface area contributed by atoms with Crippen LogP contribution in [0.3, 0.4) is 0 Å². The van der Waals surface area contributed by atoms with Gasteiger partial charge in [-0.1, -0.05) is 29.8 Å². The van der Waals surface area contributed by atoms with Gasteiger partial charge in [-0.05, 0) is 51.6 Å². The molecule has 156 valence electrons. The van der Waals surface area contributed by atoms with E-state index in [0.29, 0.717) is 22.4 Å². The maximum absolute atomic E-state index is 12.5. The van der Waals surface area contributed by atoms with Crippen molar-refractivity contribution in [1.82, 2.24) is 20.2 Å². The van der Waals surface area contributed by atoms with Crippen LogP contribution in [0.4, 0.5) is 10.5 Å². The first kappa shape index (κ1) is 21.2. The first-order chi connectivity index (χ1) is 14.2. The second kappa shape index (κ2) is 8.87. The van der Waals surface area contributed by atoms with Crippen LogP contribution in [0.5, 0.6) is 0 Å². The predicted octanol–water partition coefficient (Wildman–Crippen LogP) is 2.71. The number of imide groups is 1. The molecular formula is C22H25N5O3. The number of para-hydroxylation sites is 1. The Morgan fingerprint density at radius 3 is 2.63 bits per heavy atom. The van der Waals surface area contributed by atoms with Crippen molar-refractivity contribution in [3.05, 3.63) is 69.8 Å². The lowest BCUT2D eigenvalue weighted by Crippen LogP contribution is -2.46. The van der Waals surface area contributed by atoms with Crippen LogP contribution in [0.2, 0.25) is 0 Å². The van der Waals surface area contributed by atoms with E-state index in [9.17, 15) is 14.4 Å². The molecule has 0 aliphatic heterocycles. The number of carbonyl (C=O) groups excluding carboxylic acids is 2. The number of anilines is 1. The highest BCUT2D eigenvalue weighted by atomic mass is 16.2. The quantitative estimate of drug-likeness (QED) is 0.603. The molecule has 0 aliphatic carbocycles. The summed E-state index contributed by atoms with van der Waals surface area (Å²) in [5, 5.41) is 5.56. The lowest BCUT2D eigenvalue weighted by atomic mass is 10.1. The Bertz CT molecular complexity index is 1150. The number of urea groups is 1. The zero-order valence-electron chi connectivity index (χ0n) is 17.4. The van der Waals surface area contributed by atoms with Crippen molar-refractivity contribution in [1.29, 1.82) is 0 Å². The van der Waals surface area contributed by atoms with Crippen LogP contribution in [-0.4, -0.2) is 39.9 Å². The minimum Gasteiger partial charge on any atom is -0.309 e. The number of aromatic nitrogens is 2. The number of hydrogen-bond acceptors (Lipinski definition) is 5. The molecular weight excluding hydrogens is 382 g/mol. The van der Waals surface area contributed by atoms with Crippen LogP contribution >= 0.6 is 0 Å². The molecule has 0 aliphatic rings. The second-order valence-electron chi connectivity index (χ2n) is 7.38. The van der Waals surface area contributed by atoms with Gasteiger partial charge in [0.05, 0.1) is 23.5 Å². The Hall–Kier alpha value is -3.52. The number of aryl methyl sites for hydroxylation is 2. The number of nitrogens with zero attached hydrogens (tertiary/aromatic N) is 2. The second-order valence-corrected chi connectivity index (χ2v) is 7.38. The molecule has 1 unspecified atom stereocenters. The molecule has 0 bridgehead atoms. The molecule has 0 radical (unpaired) electrons. The van der Waals surface area contributed by atoms with E-state index >= 15 is 0 Å². The van der Waals surface area contributed by atoms with Gasteiger partial charge in [-0.2, -0.15) is 0 Å². The van der Waals surface area contributed by atoms with Crippen molar-refractivity contribution in [3.8, 4) is 0 Å². The number of likely N-dealkylation sites (N-methyl/N-ethyl adjacent to an activating group) is 1. The van der Waals surface area contributed by atoms with Gasteiger partial charge in [-0.25, -0.2) is 9.78 Å². The van der Waals surface area contributed by atoms with Crippen LogP contribution in [0, 0.1) is 13.8 Å². The Morgan fingerprint density at radius 1 is 1.17 bits per heavy atom. The number of benzene rings is 2. The maximum Gasteiger partial charge on any atom is 0.325 e. The zero-order chi connectivity index (χ0) is 21.8. The van der Waals surface area contributed by atoms with E-state index < -0.39 is 18.0 Å². The van der Waals surface area contributed by atoms with Gasteiger partial charge in [-0.3, -0.25) is 19.8 Å². The number of aromatic amines is 1. The Labute approximate surface area is 174 Å². The number of amides is 3.